The molecular weight excluding hydrogens is 294 g/mol. The van der Waals surface area contributed by atoms with Crippen molar-refractivity contribution in [3.05, 3.63) is 0 Å². The first-order chi connectivity index (χ1) is 9.40. The second-order valence-corrected chi connectivity index (χ2v) is 8.08. The van der Waals surface area contributed by atoms with Crippen LogP contribution in [0.2, 0.25) is 0 Å². The van der Waals surface area contributed by atoms with Crippen molar-refractivity contribution >= 4 is 29.5 Å². The van der Waals surface area contributed by atoms with Crippen molar-refractivity contribution in [2.24, 2.45) is 11.5 Å². The van der Waals surface area contributed by atoms with Crippen LogP contribution >= 0.6 is 11.8 Å². The molecule has 4 unspecified atom stereocenters. The zero-order valence-electron chi connectivity index (χ0n) is 13.0. The van der Waals surface area contributed by atoms with Crippen LogP contribution in [-0.2, 0) is 14.4 Å². The fraction of sp³-hybridized carbons (Fsp3) is 0.769. The topological polar surface area (TPSA) is 123 Å². The Balaban J connectivity index is 3.64. The summed E-state index contributed by atoms with van der Waals surface area (Å²) in [5, 5.41) is 9.43. The van der Waals surface area contributed by atoms with Crippen LogP contribution in [0.25, 0.3) is 0 Å². The third kappa shape index (κ3) is 2.50. The van der Waals surface area contributed by atoms with Gasteiger partial charge in [-0.2, -0.15) is 0 Å². The van der Waals surface area contributed by atoms with Crippen molar-refractivity contribution in [2.75, 3.05) is 0 Å². The lowest BCUT2D eigenvalue weighted by molar-refractivity contribution is -0.971. The van der Waals surface area contributed by atoms with E-state index >= 15 is 0 Å². The smallest absolute Gasteiger partial charge is 0.364 e. The largest absolute Gasteiger partial charge is 0.477 e. The minimum absolute atomic E-state index is 0.252. The number of quaternary nitrogens is 1. The van der Waals surface area contributed by atoms with Crippen LogP contribution in [-0.4, -0.2) is 55.6 Å². The molecule has 0 aromatic heterocycles. The first-order valence-electron chi connectivity index (χ1n) is 6.77. The summed E-state index contributed by atoms with van der Waals surface area (Å²) in [6.07, 6.45) is 0. The molecule has 1 rings (SSSR count). The lowest BCUT2D eigenvalue weighted by atomic mass is 9.92. The molecule has 1 aliphatic heterocycles. The van der Waals surface area contributed by atoms with Gasteiger partial charge in [-0.3, -0.25) is 14.1 Å². The van der Waals surface area contributed by atoms with Gasteiger partial charge in [-0.1, -0.05) is 11.8 Å². The lowest BCUT2D eigenvalue weighted by Crippen LogP contribution is -2.74. The Labute approximate surface area is 128 Å². The molecule has 0 aromatic carbocycles. The van der Waals surface area contributed by atoms with Crippen molar-refractivity contribution in [3.63, 3.8) is 0 Å². The lowest BCUT2D eigenvalue weighted by Gasteiger charge is -2.48. The van der Waals surface area contributed by atoms with Crippen molar-refractivity contribution in [1.82, 2.24) is 0 Å². The number of hydrogen-bond acceptors (Lipinski definition) is 4. The summed E-state index contributed by atoms with van der Waals surface area (Å²) in [4.78, 5) is 35.5. The Hall–Kier alpha value is -1.28. The number of primary amides is 2. The fourth-order valence-corrected chi connectivity index (χ4v) is 5.65. The zero-order valence-corrected chi connectivity index (χ0v) is 13.8. The number of nitrogens with zero attached hydrogens (tertiary/aromatic N) is 1. The van der Waals surface area contributed by atoms with E-state index in [1.54, 1.807) is 27.7 Å². The number of carboxylic acids is 1. The van der Waals surface area contributed by atoms with Crippen molar-refractivity contribution in [2.45, 2.75) is 62.9 Å². The molecule has 4 atom stereocenters. The van der Waals surface area contributed by atoms with Crippen molar-refractivity contribution < 1.29 is 24.0 Å². The molecule has 0 spiro atoms. The van der Waals surface area contributed by atoms with Crippen molar-refractivity contribution in [1.29, 1.82) is 0 Å². The molecule has 0 radical (unpaired) electrons. The van der Waals surface area contributed by atoms with E-state index in [4.69, 9.17) is 11.5 Å². The third-order valence-electron chi connectivity index (χ3n) is 4.61. The Morgan fingerprint density at radius 2 is 1.52 bits per heavy atom. The Morgan fingerprint density at radius 3 is 1.81 bits per heavy atom. The normalized spacial score (nSPS) is 34.1. The van der Waals surface area contributed by atoms with Gasteiger partial charge in [0.2, 0.25) is 6.04 Å². The molecule has 0 bridgehead atoms. The minimum Gasteiger partial charge on any atom is -0.477 e. The summed E-state index contributed by atoms with van der Waals surface area (Å²) >= 11 is 1.43. The molecule has 2 amide bonds. The summed E-state index contributed by atoms with van der Waals surface area (Å²) in [6.45, 7) is 8.54. The van der Waals surface area contributed by atoms with Gasteiger partial charge < -0.3 is 16.6 Å². The van der Waals surface area contributed by atoms with Gasteiger partial charge in [-0.25, -0.2) is 4.79 Å². The first-order valence-corrected chi connectivity index (χ1v) is 7.65. The number of thioether (sulfide) groups is 1. The van der Waals surface area contributed by atoms with E-state index in [9.17, 15) is 19.5 Å². The van der Waals surface area contributed by atoms with E-state index in [0.29, 0.717) is 0 Å². The number of hydrogen-bond donors (Lipinski definition) is 3. The van der Waals surface area contributed by atoms with Crippen LogP contribution in [0.1, 0.15) is 34.6 Å². The van der Waals surface area contributed by atoms with Gasteiger partial charge in [0.25, 0.3) is 11.8 Å². The zero-order chi connectivity index (χ0) is 16.7. The number of carbonyl (C=O) groups excluding carboxylic acids is 2. The average Bonchev–Trinajstić information content (AvgIpc) is 2.53. The quantitative estimate of drug-likeness (QED) is 0.609. The van der Waals surface area contributed by atoms with Gasteiger partial charge >= 0.3 is 5.97 Å². The molecule has 8 heteroatoms. The van der Waals surface area contributed by atoms with E-state index in [2.05, 4.69) is 0 Å². The predicted molar refractivity (Wildman–Crippen MR) is 80.1 cm³/mol. The van der Waals surface area contributed by atoms with Gasteiger partial charge in [0.15, 0.2) is 12.1 Å². The number of rotatable bonds is 5. The van der Waals surface area contributed by atoms with E-state index in [-0.39, 0.29) is 9.86 Å². The number of amides is 2. The highest BCUT2D eigenvalue weighted by Crippen LogP contribution is 2.52. The molecule has 1 fully saturated rings. The molecular formula is C13H24N3O4S+. The van der Waals surface area contributed by atoms with Gasteiger partial charge in [0.1, 0.15) is 5.37 Å². The van der Waals surface area contributed by atoms with E-state index in [0.717, 1.165) is 0 Å². The molecule has 1 saturated heterocycles. The fourth-order valence-electron chi connectivity index (χ4n) is 3.69. The van der Waals surface area contributed by atoms with E-state index < -0.39 is 40.7 Å². The SMILES string of the molecule is CC1SC(C)(C)C(C(=O)O)[N+]1(C(C)C(N)=O)C(C)C(N)=O. The van der Waals surface area contributed by atoms with Crippen molar-refractivity contribution in [3.8, 4) is 0 Å². The van der Waals surface area contributed by atoms with E-state index in [1.807, 2.05) is 6.92 Å². The van der Waals surface area contributed by atoms with Crippen LogP contribution < -0.4 is 11.5 Å². The van der Waals surface area contributed by atoms with E-state index in [1.165, 1.54) is 11.8 Å². The molecule has 7 nitrogen and oxygen atoms in total. The Bertz CT molecular complexity index is 460. The van der Waals surface area contributed by atoms with Crippen LogP contribution in [0.3, 0.4) is 0 Å². The number of carboxylic acid groups (broad SMARTS) is 1. The second-order valence-electron chi connectivity index (χ2n) is 6.11. The van der Waals surface area contributed by atoms with Crippen LogP contribution in [0.4, 0.5) is 0 Å². The molecule has 120 valence electrons. The van der Waals surface area contributed by atoms with Crippen LogP contribution in [0.5, 0.6) is 0 Å². The van der Waals surface area contributed by atoms with Gasteiger partial charge in [-0.05, 0) is 34.6 Å². The summed E-state index contributed by atoms with van der Waals surface area (Å²) in [5.41, 5.74) is 10.9. The summed E-state index contributed by atoms with van der Waals surface area (Å²) in [5.74, 6) is -2.34. The maximum atomic E-state index is 11.9. The molecule has 0 aliphatic carbocycles. The summed E-state index contributed by atoms with van der Waals surface area (Å²) in [7, 11) is 0. The maximum absolute atomic E-state index is 11.9. The third-order valence-corrected chi connectivity index (χ3v) is 6.15. The molecule has 5 N–H and O–H groups in total. The number of nitrogens with two attached hydrogens (primary N) is 2. The minimum atomic E-state index is -1.06. The van der Waals surface area contributed by atoms with Crippen LogP contribution in [0.15, 0.2) is 0 Å². The predicted octanol–water partition coefficient (Wildman–Crippen LogP) is -0.125. The summed E-state index contributed by atoms with van der Waals surface area (Å²) < 4.78 is -0.906. The number of aliphatic carboxylic acids is 1. The average molecular weight is 318 g/mol. The molecule has 1 aliphatic rings. The van der Waals surface area contributed by atoms with Crippen LogP contribution in [0, 0.1) is 0 Å². The molecule has 1 heterocycles. The highest BCUT2D eigenvalue weighted by atomic mass is 32.2. The summed E-state index contributed by atoms with van der Waals surface area (Å²) in [6, 6.07) is -2.63. The molecule has 0 saturated carbocycles. The molecule has 0 aromatic rings. The highest BCUT2D eigenvalue weighted by molar-refractivity contribution is 8.01. The van der Waals surface area contributed by atoms with Gasteiger partial charge in [0.05, 0.1) is 4.75 Å². The Morgan fingerprint density at radius 1 is 1.14 bits per heavy atom. The Kier molecular flexibility index (Phi) is 4.65. The molecule has 21 heavy (non-hydrogen) atoms. The second kappa shape index (κ2) is 5.49. The monoisotopic (exact) mass is 318 g/mol. The number of carbonyl (C=O) groups is 3. The standard InChI is InChI=1S/C13H23N3O4S/c1-6(10(14)17)16(7(2)11(15)18)8(3)21-13(4,5)9(16)12(19)20/h6-9H,1-5H3,(H4-,14,15,17,18,19,20)/p+1. The van der Waals surface area contributed by atoms with Gasteiger partial charge in [0, 0.05) is 0 Å². The highest BCUT2D eigenvalue weighted by Gasteiger charge is 2.67. The first kappa shape index (κ1) is 17.8. The van der Waals surface area contributed by atoms with Gasteiger partial charge in [-0.15, -0.1) is 0 Å². The maximum Gasteiger partial charge on any atom is 0.364 e.